The predicted octanol–water partition coefficient (Wildman–Crippen LogP) is 0.0385. The highest BCUT2D eigenvalue weighted by Gasteiger charge is 2.30. The Morgan fingerprint density at radius 1 is 1.45 bits per heavy atom. The van der Waals surface area contributed by atoms with Crippen LogP contribution in [0.1, 0.15) is 38.5 Å². The van der Waals surface area contributed by atoms with Crippen molar-refractivity contribution in [3.63, 3.8) is 0 Å². The molecular formula is C14H22N4O2. The Kier molecular flexibility index (Phi) is 4.96. The van der Waals surface area contributed by atoms with E-state index in [4.69, 9.17) is 11.0 Å². The number of nitrogens with zero attached hydrogens (tertiary/aromatic N) is 1. The smallest absolute Gasteiger partial charge is 0.237 e. The van der Waals surface area contributed by atoms with E-state index >= 15 is 0 Å². The predicted molar refractivity (Wildman–Crippen MR) is 73.2 cm³/mol. The Hall–Kier alpha value is -1.61. The van der Waals surface area contributed by atoms with E-state index in [1.165, 1.54) is 0 Å². The monoisotopic (exact) mass is 278 g/mol. The number of carbonyl (C=O) groups excluding carboxylic acids is 2. The van der Waals surface area contributed by atoms with Gasteiger partial charge >= 0.3 is 0 Å². The lowest BCUT2D eigenvalue weighted by Crippen LogP contribution is -2.47. The van der Waals surface area contributed by atoms with E-state index < -0.39 is 12.1 Å². The fourth-order valence-electron chi connectivity index (χ4n) is 2.59. The van der Waals surface area contributed by atoms with E-state index in [0.717, 1.165) is 25.7 Å². The summed E-state index contributed by atoms with van der Waals surface area (Å²) in [4.78, 5) is 23.6. The second-order valence-corrected chi connectivity index (χ2v) is 5.84. The molecule has 6 nitrogen and oxygen atoms in total. The largest absolute Gasteiger partial charge is 0.356 e. The zero-order chi connectivity index (χ0) is 14.5. The Balaban J connectivity index is 1.80. The van der Waals surface area contributed by atoms with Crippen molar-refractivity contribution in [3.8, 4) is 6.07 Å². The molecule has 0 aromatic rings. The molecule has 1 saturated carbocycles. The van der Waals surface area contributed by atoms with Gasteiger partial charge in [0, 0.05) is 12.5 Å². The van der Waals surface area contributed by atoms with E-state index in [0.29, 0.717) is 25.3 Å². The SMILES string of the molecule is N#C[C@H](CC1CCCNC1=O)NC(=O)C(N)CC1CC1. The minimum atomic E-state index is -0.637. The number of carbonyl (C=O) groups is 2. The van der Waals surface area contributed by atoms with Gasteiger partial charge in [0.15, 0.2) is 0 Å². The molecule has 2 unspecified atom stereocenters. The fraction of sp³-hybridized carbons (Fsp3) is 0.786. The van der Waals surface area contributed by atoms with E-state index in [9.17, 15) is 9.59 Å². The van der Waals surface area contributed by atoms with E-state index in [1.807, 2.05) is 0 Å². The highest BCUT2D eigenvalue weighted by molar-refractivity contribution is 5.82. The molecule has 1 aliphatic heterocycles. The van der Waals surface area contributed by atoms with Crippen LogP contribution in [0.25, 0.3) is 0 Å². The van der Waals surface area contributed by atoms with E-state index in [1.54, 1.807) is 0 Å². The van der Waals surface area contributed by atoms with Crippen molar-refractivity contribution in [1.82, 2.24) is 10.6 Å². The van der Waals surface area contributed by atoms with Gasteiger partial charge in [0.25, 0.3) is 0 Å². The standard InChI is InChI=1S/C14H22N4O2/c15-8-11(7-10-2-1-5-17-13(10)19)18-14(20)12(16)6-9-3-4-9/h9-12H,1-7,16H2,(H,17,19)(H,18,20)/t10?,11-,12?/m0/s1. The van der Waals surface area contributed by atoms with Crippen molar-refractivity contribution >= 4 is 11.8 Å². The number of piperidine rings is 1. The third kappa shape index (κ3) is 4.20. The summed E-state index contributed by atoms with van der Waals surface area (Å²) < 4.78 is 0. The molecule has 1 saturated heterocycles. The van der Waals surface area contributed by atoms with Gasteiger partial charge < -0.3 is 16.4 Å². The summed E-state index contributed by atoms with van der Waals surface area (Å²) in [6.45, 7) is 0.700. The zero-order valence-corrected chi connectivity index (χ0v) is 11.6. The maximum Gasteiger partial charge on any atom is 0.237 e. The third-order valence-corrected chi connectivity index (χ3v) is 4.01. The molecule has 20 heavy (non-hydrogen) atoms. The van der Waals surface area contributed by atoms with Gasteiger partial charge in [0.05, 0.1) is 12.1 Å². The van der Waals surface area contributed by atoms with Crippen molar-refractivity contribution in [1.29, 1.82) is 5.26 Å². The number of amides is 2. The summed E-state index contributed by atoms with van der Waals surface area (Å²) in [5.74, 6) is 0.0847. The van der Waals surface area contributed by atoms with Crippen LogP contribution in [0.15, 0.2) is 0 Å². The quantitative estimate of drug-likeness (QED) is 0.637. The van der Waals surface area contributed by atoms with Gasteiger partial charge in [0.2, 0.25) is 11.8 Å². The Morgan fingerprint density at radius 2 is 2.20 bits per heavy atom. The molecule has 2 fully saturated rings. The van der Waals surface area contributed by atoms with Crippen molar-refractivity contribution in [2.75, 3.05) is 6.54 Å². The lowest BCUT2D eigenvalue weighted by molar-refractivity contribution is -0.128. The normalized spacial score (nSPS) is 25.2. The van der Waals surface area contributed by atoms with Crippen LogP contribution in [0.4, 0.5) is 0 Å². The molecule has 6 heteroatoms. The molecule has 1 aliphatic carbocycles. The molecule has 2 amide bonds. The lowest BCUT2D eigenvalue weighted by atomic mass is 9.92. The maximum atomic E-state index is 11.9. The summed E-state index contributed by atoms with van der Waals surface area (Å²) in [5.41, 5.74) is 5.82. The second-order valence-electron chi connectivity index (χ2n) is 5.84. The average Bonchev–Trinajstić information content (AvgIpc) is 3.24. The van der Waals surface area contributed by atoms with Gasteiger partial charge in [-0.05, 0) is 31.6 Å². The highest BCUT2D eigenvalue weighted by atomic mass is 16.2. The number of nitriles is 1. The first-order valence-corrected chi connectivity index (χ1v) is 7.33. The minimum Gasteiger partial charge on any atom is -0.356 e. The van der Waals surface area contributed by atoms with Gasteiger partial charge in [-0.2, -0.15) is 5.26 Å². The Labute approximate surface area is 119 Å². The van der Waals surface area contributed by atoms with Crippen LogP contribution in [0, 0.1) is 23.2 Å². The summed E-state index contributed by atoms with van der Waals surface area (Å²) in [6, 6.07) is 0.877. The average molecular weight is 278 g/mol. The molecule has 0 radical (unpaired) electrons. The summed E-state index contributed by atoms with van der Waals surface area (Å²) in [5, 5.41) is 14.6. The molecule has 110 valence electrons. The van der Waals surface area contributed by atoms with Crippen molar-refractivity contribution in [2.24, 2.45) is 17.6 Å². The van der Waals surface area contributed by atoms with E-state index in [-0.39, 0.29) is 17.7 Å². The van der Waals surface area contributed by atoms with Gasteiger partial charge in [-0.3, -0.25) is 9.59 Å². The third-order valence-electron chi connectivity index (χ3n) is 4.01. The molecule has 2 aliphatic rings. The highest BCUT2D eigenvalue weighted by Crippen LogP contribution is 2.33. The van der Waals surface area contributed by atoms with Crippen molar-refractivity contribution in [2.45, 2.75) is 50.6 Å². The van der Waals surface area contributed by atoms with Crippen LogP contribution >= 0.6 is 0 Å². The first-order valence-electron chi connectivity index (χ1n) is 7.33. The molecule has 1 heterocycles. The van der Waals surface area contributed by atoms with E-state index in [2.05, 4.69) is 16.7 Å². The molecule has 3 atom stereocenters. The summed E-state index contributed by atoms with van der Waals surface area (Å²) in [6.07, 6.45) is 5.03. The number of rotatable bonds is 6. The van der Waals surface area contributed by atoms with Gasteiger partial charge in [0.1, 0.15) is 6.04 Å². The Morgan fingerprint density at radius 3 is 2.80 bits per heavy atom. The van der Waals surface area contributed by atoms with Gasteiger partial charge in [-0.25, -0.2) is 0 Å². The molecular weight excluding hydrogens is 256 g/mol. The first-order chi connectivity index (χ1) is 9.60. The molecule has 0 bridgehead atoms. The summed E-state index contributed by atoms with van der Waals surface area (Å²) >= 11 is 0. The van der Waals surface area contributed by atoms with Crippen LogP contribution in [0.3, 0.4) is 0 Å². The van der Waals surface area contributed by atoms with Crippen LogP contribution in [0.2, 0.25) is 0 Å². The number of nitrogens with two attached hydrogens (primary N) is 1. The van der Waals surface area contributed by atoms with Gasteiger partial charge in [-0.15, -0.1) is 0 Å². The fourth-order valence-corrected chi connectivity index (χ4v) is 2.59. The maximum absolute atomic E-state index is 11.9. The second kappa shape index (κ2) is 6.71. The van der Waals surface area contributed by atoms with Crippen LogP contribution < -0.4 is 16.4 Å². The number of hydrogen-bond donors (Lipinski definition) is 3. The van der Waals surface area contributed by atoms with Crippen LogP contribution in [-0.4, -0.2) is 30.4 Å². The van der Waals surface area contributed by atoms with Crippen LogP contribution in [-0.2, 0) is 9.59 Å². The zero-order valence-electron chi connectivity index (χ0n) is 11.6. The topological polar surface area (TPSA) is 108 Å². The number of hydrogen-bond acceptors (Lipinski definition) is 4. The minimum absolute atomic E-state index is 0.0203. The van der Waals surface area contributed by atoms with Gasteiger partial charge in [-0.1, -0.05) is 12.8 Å². The molecule has 0 spiro atoms. The molecule has 2 rings (SSSR count). The molecule has 0 aromatic carbocycles. The summed E-state index contributed by atoms with van der Waals surface area (Å²) in [7, 11) is 0. The Bertz CT molecular complexity index is 414. The van der Waals surface area contributed by atoms with Crippen molar-refractivity contribution < 1.29 is 9.59 Å². The van der Waals surface area contributed by atoms with Crippen molar-refractivity contribution in [3.05, 3.63) is 0 Å². The van der Waals surface area contributed by atoms with Crippen LogP contribution in [0.5, 0.6) is 0 Å². The molecule has 0 aromatic heterocycles. The number of nitrogens with one attached hydrogen (secondary N) is 2. The first kappa shape index (κ1) is 14.8. The lowest BCUT2D eigenvalue weighted by Gasteiger charge is -2.24. The molecule has 4 N–H and O–H groups in total.